The predicted octanol–water partition coefficient (Wildman–Crippen LogP) is 5.15. The third kappa shape index (κ3) is 4.38. The average Bonchev–Trinajstić information content (AvgIpc) is 2.50. The van der Waals surface area contributed by atoms with Gasteiger partial charge in [-0.1, -0.05) is 39.0 Å². The van der Waals surface area contributed by atoms with Crippen LogP contribution in [0.1, 0.15) is 65.3 Å². The molecule has 7 heteroatoms. The van der Waals surface area contributed by atoms with Gasteiger partial charge in [0.15, 0.2) is 0 Å². The lowest BCUT2D eigenvalue weighted by Gasteiger charge is -2.35. The van der Waals surface area contributed by atoms with Gasteiger partial charge in [-0.05, 0) is 33.1 Å². The molecule has 0 saturated carbocycles. The van der Waals surface area contributed by atoms with Crippen LogP contribution in [0.4, 0.5) is 0 Å². The number of para-hydroxylation sites is 1. The van der Waals surface area contributed by atoms with E-state index in [1.165, 1.54) is 0 Å². The van der Waals surface area contributed by atoms with Crippen LogP contribution < -0.4 is 10.5 Å². The molecule has 2 N–H and O–H groups in total. The molecular weight excluding hydrogens is 363 g/mol. The van der Waals surface area contributed by atoms with Gasteiger partial charge in [0.05, 0.1) is 12.2 Å². The van der Waals surface area contributed by atoms with Gasteiger partial charge in [-0.3, -0.25) is 4.57 Å². The molecule has 1 unspecified atom stereocenters. The molecule has 2 rings (SSSR count). The smallest absolute Gasteiger partial charge is 0.344 e. The van der Waals surface area contributed by atoms with Crippen molar-refractivity contribution in [1.82, 2.24) is 0 Å². The van der Waals surface area contributed by atoms with Crippen LogP contribution in [-0.4, -0.2) is 12.2 Å². The van der Waals surface area contributed by atoms with E-state index >= 15 is 0 Å². The summed E-state index contributed by atoms with van der Waals surface area (Å²) < 4.78 is 31.3. The molecule has 0 amide bonds. The fraction of sp³-hybridized carbons (Fsp3) is 0.550. The molecule has 0 saturated heterocycles. The van der Waals surface area contributed by atoms with Crippen LogP contribution in [0.5, 0.6) is 5.75 Å². The summed E-state index contributed by atoms with van der Waals surface area (Å²) in [5.74, 6) is 0.457. The second kappa shape index (κ2) is 7.67. The minimum atomic E-state index is -3.76. The van der Waals surface area contributed by atoms with Crippen molar-refractivity contribution in [2.45, 2.75) is 71.7 Å². The summed E-state index contributed by atoms with van der Waals surface area (Å²) in [4.78, 5) is 0. The van der Waals surface area contributed by atoms with Crippen molar-refractivity contribution in [3.63, 3.8) is 0 Å². The molecule has 0 radical (unpaired) electrons. The van der Waals surface area contributed by atoms with E-state index in [2.05, 4.69) is 26.8 Å². The van der Waals surface area contributed by atoms with Crippen LogP contribution in [0.3, 0.4) is 0 Å². The first-order valence-corrected chi connectivity index (χ1v) is 10.7. The van der Waals surface area contributed by atoms with E-state index in [-0.39, 0.29) is 29.1 Å². The molecule has 27 heavy (non-hydrogen) atoms. The lowest BCUT2D eigenvalue weighted by Crippen LogP contribution is -2.25. The minimum absolute atomic E-state index is 0.0633. The van der Waals surface area contributed by atoms with Crippen molar-refractivity contribution in [3.8, 4) is 11.8 Å². The van der Waals surface area contributed by atoms with Gasteiger partial charge in [0.2, 0.25) is 5.88 Å². The number of nitrogens with two attached hydrogens (primary N) is 1. The van der Waals surface area contributed by atoms with Crippen LogP contribution in [-0.2, 0) is 19.0 Å². The number of nitrogens with zero attached hydrogens (tertiary/aromatic N) is 1. The van der Waals surface area contributed by atoms with E-state index in [0.717, 1.165) is 5.56 Å². The monoisotopic (exact) mass is 392 g/mol. The Morgan fingerprint density at radius 1 is 1.19 bits per heavy atom. The highest BCUT2D eigenvalue weighted by Crippen LogP contribution is 2.67. The van der Waals surface area contributed by atoms with Crippen molar-refractivity contribution >= 4 is 7.60 Å². The molecule has 1 atom stereocenters. The average molecular weight is 392 g/mol. The van der Waals surface area contributed by atoms with Gasteiger partial charge >= 0.3 is 7.60 Å². The third-order valence-corrected chi connectivity index (χ3v) is 6.65. The lowest BCUT2D eigenvalue weighted by atomic mass is 9.84. The fourth-order valence-electron chi connectivity index (χ4n) is 3.11. The summed E-state index contributed by atoms with van der Waals surface area (Å²) in [6, 6.07) is 7.65. The largest absolute Gasteiger partial charge is 0.440 e. The van der Waals surface area contributed by atoms with Crippen LogP contribution in [0.15, 0.2) is 29.7 Å². The second-order valence-electron chi connectivity index (χ2n) is 8.22. The zero-order valence-electron chi connectivity index (χ0n) is 17.1. The standard InChI is InChI=1S/C20H29N2O4P/c1-12(2)25-27(23,26-13(3)4)18-14-9-8-10-16(20(5,6)7)17(14)24-19(22)15(18)11-21/h8-10,12-13,18H,22H2,1-7H3. The normalized spacial score (nSPS) is 17.7. The summed E-state index contributed by atoms with van der Waals surface area (Å²) >= 11 is 0. The molecule has 0 aliphatic carbocycles. The molecule has 1 aromatic carbocycles. The highest BCUT2D eigenvalue weighted by molar-refractivity contribution is 7.54. The zero-order valence-corrected chi connectivity index (χ0v) is 18.0. The topological polar surface area (TPSA) is 94.6 Å². The maximum Gasteiger partial charge on any atom is 0.344 e. The van der Waals surface area contributed by atoms with Gasteiger partial charge in [0.25, 0.3) is 0 Å². The maximum absolute atomic E-state index is 13.9. The zero-order chi connectivity index (χ0) is 20.6. The number of fused-ring (bicyclic) bond motifs is 1. The number of ether oxygens (including phenoxy) is 1. The van der Waals surface area contributed by atoms with Crippen LogP contribution in [0.2, 0.25) is 0 Å². The van der Waals surface area contributed by atoms with Crippen molar-refractivity contribution in [3.05, 3.63) is 40.8 Å². The van der Waals surface area contributed by atoms with Crippen molar-refractivity contribution in [2.75, 3.05) is 0 Å². The first-order chi connectivity index (χ1) is 12.4. The number of hydrogen-bond donors (Lipinski definition) is 1. The Kier molecular flexibility index (Phi) is 6.11. The van der Waals surface area contributed by atoms with E-state index in [9.17, 15) is 9.83 Å². The summed E-state index contributed by atoms with van der Waals surface area (Å²) in [6.45, 7) is 13.3. The molecule has 1 aromatic rings. The van der Waals surface area contributed by atoms with Gasteiger partial charge in [0, 0.05) is 11.1 Å². The quantitative estimate of drug-likeness (QED) is 0.696. The van der Waals surface area contributed by atoms with Gasteiger partial charge in [-0.25, -0.2) is 0 Å². The Balaban J connectivity index is 2.78. The van der Waals surface area contributed by atoms with Gasteiger partial charge in [-0.2, -0.15) is 5.26 Å². The lowest BCUT2D eigenvalue weighted by molar-refractivity contribution is 0.137. The van der Waals surface area contributed by atoms with Crippen LogP contribution in [0, 0.1) is 11.3 Å². The van der Waals surface area contributed by atoms with Gasteiger partial charge < -0.3 is 19.5 Å². The molecule has 0 bridgehead atoms. The molecule has 1 heterocycles. The van der Waals surface area contributed by atoms with E-state index in [4.69, 9.17) is 19.5 Å². The SMILES string of the molecule is CC(C)OP(=O)(OC(C)C)C1C(C#N)=C(N)Oc2c1cccc2C(C)(C)C. The number of hydrogen-bond acceptors (Lipinski definition) is 6. The van der Waals surface area contributed by atoms with Crippen LogP contribution >= 0.6 is 7.60 Å². The summed E-state index contributed by atoms with van der Waals surface area (Å²) in [6.07, 6.45) is -0.708. The summed E-state index contributed by atoms with van der Waals surface area (Å²) in [7, 11) is -3.76. The number of rotatable bonds is 5. The Hall–Kier alpha value is -1.80. The number of allylic oxidation sites excluding steroid dienone is 1. The Labute approximate surface area is 161 Å². The summed E-state index contributed by atoms with van der Waals surface area (Å²) in [5, 5.41) is 9.72. The first-order valence-electron chi connectivity index (χ1n) is 9.08. The molecule has 0 aromatic heterocycles. The highest BCUT2D eigenvalue weighted by Gasteiger charge is 2.47. The molecule has 1 aliphatic heterocycles. The number of nitriles is 1. The van der Waals surface area contributed by atoms with Crippen molar-refractivity contribution < 1.29 is 18.3 Å². The molecule has 1 aliphatic rings. The Morgan fingerprint density at radius 2 is 1.74 bits per heavy atom. The second-order valence-corrected chi connectivity index (χ2v) is 10.2. The molecule has 0 fully saturated rings. The Bertz CT molecular complexity index is 817. The Morgan fingerprint density at radius 3 is 2.19 bits per heavy atom. The van der Waals surface area contributed by atoms with Gasteiger partial charge in [0.1, 0.15) is 23.1 Å². The highest BCUT2D eigenvalue weighted by atomic mass is 31.2. The molecular formula is C20H29N2O4P. The fourth-order valence-corrected chi connectivity index (χ4v) is 5.62. The van der Waals surface area contributed by atoms with E-state index in [1.807, 2.05) is 12.1 Å². The number of benzene rings is 1. The summed E-state index contributed by atoms with van der Waals surface area (Å²) in [5.41, 5.74) is 6.47. The predicted molar refractivity (Wildman–Crippen MR) is 105 cm³/mol. The van der Waals surface area contributed by atoms with E-state index < -0.39 is 13.3 Å². The van der Waals surface area contributed by atoms with Gasteiger partial charge in [-0.15, -0.1) is 0 Å². The first kappa shape index (κ1) is 21.5. The minimum Gasteiger partial charge on any atom is -0.440 e. The molecule has 148 valence electrons. The molecule has 0 spiro atoms. The maximum atomic E-state index is 13.9. The van der Waals surface area contributed by atoms with E-state index in [0.29, 0.717) is 11.3 Å². The molecule has 6 nitrogen and oxygen atoms in total. The van der Waals surface area contributed by atoms with Crippen molar-refractivity contribution in [1.29, 1.82) is 5.26 Å². The van der Waals surface area contributed by atoms with E-state index in [1.54, 1.807) is 33.8 Å². The van der Waals surface area contributed by atoms with Crippen molar-refractivity contribution in [2.24, 2.45) is 5.73 Å². The van der Waals surface area contributed by atoms with Crippen LogP contribution in [0.25, 0.3) is 0 Å². The third-order valence-electron chi connectivity index (χ3n) is 4.05.